The van der Waals surface area contributed by atoms with Crippen LogP contribution in [0, 0.1) is 0 Å². The molecule has 0 aliphatic carbocycles. The van der Waals surface area contributed by atoms with Crippen molar-refractivity contribution in [2.24, 2.45) is 0 Å². The highest BCUT2D eigenvalue weighted by molar-refractivity contribution is 6.30. The Kier molecular flexibility index (Phi) is 4.62. The number of halogens is 1. The van der Waals surface area contributed by atoms with Gasteiger partial charge in [-0.05, 0) is 24.3 Å². The number of hydrogen-bond acceptors (Lipinski definition) is 6. The first kappa shape index (κ1) is 14.5. The zero-order valence-corrected chi connectivity index (χ0v) is 10.6. The fraction of sp³-hybridized carbons (Fsp3) is 0.500. The molecule has 1 fully saturated rings. The molecule has 0 bridgehead atoms. The second-order valence-corrected chi connectivity index (χ2v) is 4.71. The van der Waals surface area contributed by atoms with Gasteiger partial charge in [0.25, 0.3) is 0 Å². The molecule has 0 amide bonds. The highest BCUT2D eigenvalue weighted by atomic mass is 35.5. The quantitative estimate of drug-likeness (QED) is 0.600. The van der Waals surface area contributed by atoms with Gasteiger partial charge in [-0.2, -0.15) is 0 Å². The lowest BCUT2D eigenvalue weighted by Crippen LogP contribution is -2.60. The molecule has 5 atom stereocenters. The summed E-state index contributed by atoms with van der Waals surface area (Å²) in [5, 5.41) is 38.5. The molecule has 0 radical (unpaired) electrons. The van der Waals surface area contributed by atoms with Gasteiger partial charge in [0.2, 0.25) is 6.29 Å². The summed E-state index contributed by atoms with van der Waals surface area (Å²) in [5.74, 6) is 0.383. The molecule has 1 aliphatic heterocycles. The Hall–Kier alpha value is -0.890. The monoisotopic (exact) mass is 290 g/mol. The predicted octanol–water partition coefficient (Wildman–Crippen LogP) is -0.481. The first-order valence-electron chi connectivity index (χ1n) is 5.75. The lowest BCUT2D eigenvalue weighted by molar-refractivity contribution is -0.277. The van der Waals surface area contributed by atoms with Crippen molar-refractivity contribution in [2.45, 2.75) is 30.7 Å². The maximum absolute atomic E-state index is 9.77. The van der Waals surface area contributed by atoms with E-state index < -0.39 is 37.3 Å². The smallest absolute Gasteiger partial charge is 0.229 e. The third kappa shape index (κ3) is 3.17. The number of ether oxygens (including phenoxy) is 2. The van der Waals surface area contributed by atoms with Crippen LogP contribution in [0.1, 0.15) is 0 Å². The predicted molar refractivity (Wildman–Crippen MR) is 65.8 cm³/mol. The summed E-state index contributed by atoms with van der Waals surface area (Å²) < 4.78 is 10.6. The van der Waals surface area contributed by atoms with Crippen LogP contribution in [0.4, 0.5) is 0 Å². The van der Waals surface area contributed by atoms with E-state index >= 15 is 0 Å². The SMILES string of the molecule is OC[C@@H]1O[C@@H](Oc2ccc(Cl)cc2)[C@H](O)[C@H](O)[C@@H]1O. The second kappa shape index (κ2) is 6.04. The van der Waals surface area contributed by atoms with Gasteiger partial charge in [0.15, 0.2) is 0 Å². The molecule has 1 saturated heterocycles. The van der Waals surface area contributed by atoms with Gasteiger partial charge in [0, 0.05) is 5.02 Å². The van der Waals surface area contributed by atoms with Crippen molar-refractivity contribution in [1.82, 2.24) is 0 Å². The van der Waals surface area contributed by atoms with Crippen LogP contribution in [0.25, 0.3) is 0 Å². The van der Waals surface area contributed by atoms with Crippen LogP contribution in [-0.2, 0) is 4.74 Å². The molecule has 19 heavy (non-hydrogen) atoms. The van der Waals surface area contributed by atoms with Crippen LogP contribution in [0.5, 0.6) is 5.75 Å². The summed E-state index contributed by atoms with van der Waals surface area (Å²) in [6.07, 6.45) is -6.45. The Labute approximate surface area is 114 Å². The van der Waals surface area contributed by atoms with Crippen LogP contribution in [-0.4, -0.2) is 57.7 Å². The fourth-order valence-corrected chi connectivity index (χ4v) is 1.94. The van der Waals surface area contributed by atoms with Gasteiger partial charge in [-0.3, -0.25) is 0 Å². The topological polar surface area (TPSA) is 99.4 Å². The average molecular weight is 291 g/mol. The molecule has 7 heteroatoms. The number of aliphatic hydroxyl groups excluding tert-OH is 4. The highest BCUT2D eigenvalue weighted by Crippen LogP contribution is 2.24. The van der Waals surface area contributed by atoms with E-state index in [1.165, 1.54) is 0 Å². The van der Waals surface area contributed by atoms with Crippen molar-refractivity contribution >= 4 is 11.6 Å². The van der Waals surface area contributed by atoms with E-state index in [4.69, 9.17) is 26.2 Å². The molecular weight excluding hydrogens is 276 g/mol. The van der Waals surface area contributed by atoms with Crippen molar-refractivity contribution in [2.75, 3.05) is 6.61 Å². The maximum atomic E-state index is 9.77. The molecule has 4 N–H and O–H groups in total. The van der Waals surface area contributed by atoms with Crippen LogP contribution in [0.3, 0.4) is 0 Å². The van der Waals surface area contributed by atoms with Crippen molar-refractivity contribution in [1.29, 1.82) is 0 Å². The summed E-state index contributed by atoms with van der Waals surface area (Å²) in [7, 11) is 0. The summed E-state index contributed by atoms with van der Waals surface area (Å²) in [6.45, 7) is -0.495. The van der Waals surface area contributed by atoms with Crippen molar-refractivity contribution in [3.8, 4) is 5.75 Å². The number of aliphatic hydroxyl groups is 4. The molecule has 1 aromatic rings. The minimum Gasteiger partial charge on any atom is -0.462 e. The standard InChI is InChI=1S/C12H15ClO6/c13-6-1-3-7(4-2-6)18-12-11(17)10(16)9(15)8(5-14)19-12/h1-4,8-12,14-17H,5H2/t8-,9+,10+,11+,12+/m0/s1. The minimum atomic E-state index is -1.46. The van der Waals surface area contributed by atoms with Crippen LogP contribution >= 0.6 is 11.6 Å². The number of benzene rings is 1. The summed E-state index contributed by atoms with van der Waals surface area (Å²) in [6, 6.07) is 6.34. The molecule has 106 valence electrons. The number of hydrogen-bond donors (Lipinski definition) is 4. The lowest BCUT2D eigenvalue weighted by atomic mass is 9.99. The molecule has 2 rings (SSSR count). The van der Waals surface area contributed by atoms with E-state index in [1.54, 1.807) is 24.3 Å². The molecule has 0 unspecified atom stereocenters. The normalized spacial score (nSPS) is 35.1. The lowest BCUT2D eigenvalue weighted by Gasteiger charge is -2.39. The molecule has 1 heterocycles. The summed E-state index contributed by atoms with van der Waals surface area (Å²) in [5.41, 5.74) is 0. The zero-order chi connectivity index (χ0) is 14.0. The van der Waals surface area contributed by atoms with Crippen molar-refractivity contribution in [3.63, 3.8) is 0 Å². The molecule has 0 saturated carbocycles. The van der Waals surface area contributed by atoms with Crippen LogP contribution in [0.15, 0.2) is 24.3 Å². The van der Waals surface area contributed by atoms with Crippen LogP contribution in [0.2, 0.25) is 5.02 Å². The van der Waals surface area contributed by atoms with Gasteiger partial charge in [-0.1, -0.05) is 11.6 Å². The van der Waals surface area contributed by atoms with E-state index in [2.05, 4.69) is 0 Å². The minimum absolute atomic E-state index is 0.383. The largest absolute Gasteiger partial charge is 0.462 e. The van der Waals surface area contributed by atoms with Gasteiger partial charge in [-0.15, -0.1) is 0 Å². The Balaban J connectivity index is 2.08. The second-order valence-electron chi connectivity index (χ2n) is 4.27. The summed E-state index contributed by atoms with van der Waals surface area (Å²) in [4.78, 5) is 0. The van der Waals surface area contributed by atoms with Crippen molar-refractivity contribution in [3.05, 3.63) is 29.3 Å². The molecule has 6 nitrogen and oxygen atoms in total. The van der Waals surface area contributed by atoms with Crippen molar-refractivity contribution < 1.29 is 29.9 Å². The molecular formula is C12H15ClO6. The molecule has 0 aromatic heterocycles. The molecule has 0 spiro atoms. The zero-order valence-electron chi connectivity index (χ0n) is 9.89. The highest BCUT2D eigenvalue weighted by Gasteiger charge is 2.44. The Morgan fingerprint density at radius 1 is 1.05 bits per heavy atom. The van der Waals surface area contributed by atoms with Gasteiger partial charge in [0.1, 0.15) is 30.2 Å². The Bertz CT molecular complexity index is 409. The average Bonchev–Trinajstić information content (AvgIpc) is 2.42. The Morgan fingerprint density at radius 3 is 2.26 bits per heavy atom. The number of rotatable bonds is 3. The molecule has 1 aliphatic rings. The maximum Gasteiger partial charge on any atom is 0.229 e. The fourth-order valence-electron chi connectivity index (χ4n) is 1.81. The Morgan fingerprint density at radius 2 is 1.68 bits per heavy atom. The van der Waals surface area contributed by atoms with Gasteiger partial charge < -0.3 is 29.9 Å². The first-order valence-corrected chi connectivity index (χ1v) is 6.13. The van der Waals surface area contributed by atoms with Gasteiger partial charge >= 0.3 is 0 Å². The van der Waals surface area contributed by atoms with E-state index in [-0.39, 0.29) is 0 Å². The van der Waals surface area contributed by atoms with E-state index in [0.29, 0.717) is 10.8 Å². The third-order valence-corrected chi connectivity index (χ3v) is 3.17. The molecule has 1 aromatic carbocycles. The van der Waals surface area contributed by atoms with E-state index in [1.807, 2.05) is 0 Å². The first-order chi connectivity index (χ1) is 9.02. The van der Waals surface area contributed by atoms with Crippen LogP contribution < -0.4 is 4.74 Å². The van der Waals surface area contributed by atoms with E-state index in [0.717, 1.165) is 0 Å². The van der Waals surface area contributed by atoms with Gasteiger partial charge in [-0.25, -0.2) is 0 Å². The third-order valence-electron chi connectivity index (χ3n) is 2.91. The van der Waals surface area contributed by atoms with Gasteiger partial charge in [0.05, 0.1) is 6.61 Å². The van der Waals surface area contributed by atoms with E-state index in [9.17, 15) is 15.3 Å². The summed E-state index contributed by atoms with van der Waals surface area (Å²) >= 11 is 5.73.